The number of ether oxygens (including phenoxy) is 1. The molecule has 0 aromatic heterocycles. The number of benzene rings is 1. The molecule has 0 atom stereocenters. The molecule has 0 amide bonds. The fraction of sp³-hybridized carbons (Fsp3) is 0.308. The first-order chi connectivity index (χ1) is 7.77. The smallest absolute Gasteiger partial charge is 0.150 e. The van der Waals surface area contributed by atoms with Gasteiger partial charge in [0.2, 0.25) is 0 Å². The van der Waals surface area contributed by atoms with Gasteiger partial charge in [0.25, 0.3) is 0 Å². The minimum atomic E-state index is 0.524. The molecule has 1 aromatic rings. The van der Waals surface area contributed by atoms with Crippen molar-refractivity contribution in [1.82, 2.24) is 0 Å². The third kappa shape index (κ3) is 4.21. The predicted octanol–water partition coefficient (Wildman–Crippen LogP) is 3.03. The highest BCUT2D eigenvalue weighted by atomic mass is 32.2. The van der Waals surface area contributed by atoms with E-state index in [0.717, 1.165) is 30.6 Å². The molecule has 0 fully saturated rings. The summed E-state index contributed by atoms with van der Waals surface area (Å²) in [7, 11) is 1.71. The van der Waals surface area contributed by atoms with E-state index in [9.17, 15) is 4.79 Å². The zero-order valence-corrected chi connectivity index (χ0v) is 10.3. The number of aldehydes is 1. The maximum Gasteiger partial charge on any atom is 0.150 e. The van der Waals surface area contributed by atoms with E-state index in [-0.39, 0.29) is 0 Å². The number of allylic oxidation sites excluding steroid dienone is 1. The van der Waals surface area contributed by atoms with Gasteiger partial charge in [-0.3, -0.25) is 4.79 Å². The number of carbonyl (C=O) groups excluding carboxylic acids is 1. The molecule has 0 N–H and O–H groups in total. The molecule has 16 heavy (non-hydrogen) atoms. The monoisotopic (exact) mass is 236 g/mol. The molecule has 1 aromatic carbocycles. The molecule has 0 bridgehead atoms. The van der Waals surface area contributed by atoms with Crippen molar-refractivity contribution in [3.63, 3.8) is 0 Å². The van der Waals surface area contributed by atoms with Gasteiger partial charge in [-0.15, -0.1) is 11.8 Å². The Bertz CT molecular complexity index is 343. The van der Waals surface area contributed by atoms with Crippen molar-refractivity contribution in [2.45, 2.75) is 11.3 Å². The van der Waals surface area contributed by atoms with E-state index in [1.54, 1.807) is 18.9 Å². The van der Waals surface area contributed by atoms with Crippen molar-refractivity contribution < 1.29 is 9.53 Å². The van der Waals surface area contributed by atoms with Crippen LogP contribution in [-0.2, 0) is 9.53 Å². The lowest BCUT2D eigenvalue weighted by molar-refractivity contribution is -0.103. The lowest BCUT2D eigenvalue weighted by Crippen LogP contribution is -1.90. The van der Waals surface area contributed by atoms with E-state index in [1.165, 1.54) is 4.90 Å². The first kappa shape index (κ1) is 13.0. The Hall–Kier alpha value is -1.06. The Morgan fingerprint density at radius 1 is 1.44 bits per heavy atom. The van der Waals surface area contributed by atoms with Crippen LogP contribution >= 0.6 is 11.8 Å². The van der Waals surface area contributed by atoms with Crippen molar-refractivity contribution in [2.24, 2.45) is 0 Å². The van der Waals surface area contributed by atoms with Crippen molar-refractivity contribution >= 4 is 23.6 Å². The Balaban J connectivity index is 2.45. The molecule has 0 unspecified atom stereocenters. The average Bonchev–Trinajstić information content (AvgIpc) is 2.34. The van der Waals surface area contributed by atoms with Crippen molar-refractivity contribution in [3.8, 4) is 0 Å². The molecule has 0 aliphatic carbocycles. The highest BCUT2D eigenvalue weighted by Gasteiger charge is 1.98. The topological polar surface area (TPSA) is 26.3 Å². The van der Waals surface area contributed by atoms with Crippen LogP contribution in [0.25, 0.3) is 5.57 Å². The van der Waals surface area contributed by atoms with Gasteiger partial charge in [-0.1, -0.05) is 18.7 Å². The molecular weight excluding hydrogens is 220 g/mol. The van der Waals surface area contributed by atoms with E-state index >= 15 is 0 Å². The highest BCUT2D eigenvalue weighted by Crippen LogP contribution is 2.21. The second-order valence-corrected chi connectivity index (χ2v) is 4.53. The van der Waals surface area contributed by atoms with Gasteiger partial charge in [-0.2, -0.15) is 0 Å². The molecule has 0 heterocycles. The second-order valence-electron chi connectivity index (χ2n) is 3.36. The third-order valence-corrected chi connectivity index (χ3v) is 3.23. The Labute approximate surface area is 101 Å². The van der Waals surface area contributed by atoms with E-state index in [4.69, 9.17) is 4.74 Å². The van der Waals surface area contributed by atoms with E-state index in [2.05, 4.69) is 6.58 Å². The number of hydrogen-bond donors (Lipinski definition) is 0. The van der Waals surface area contributed by atoms with Crippen LogP contribution in [0.15, 0.2) is 35.7 Å². The summed E-state index contributed by atoms with van der Waals surface area (Å²) in [4.78, 5) is 11.7. The largest absolute Gasteiger partial charge is 0.385 e. The summed E-state index contributed by atoms with van der Waals surface area (Å²) >= 11 is 1.79. The minimum Gasteiger partial charge on any atom is -0.385 e. The summed E-state index contributed by atoms with van der Waals surface area (Å²) in [5.74, 6) is 1.04. The summed E-state index contributed by atoms with van der Waals surface area (Å²) in [6.07, 6.45) is 1.82. The van der Waals surface area contributed by atoms with Gasteiger partial charge in [0.1, 0.15) is 6.29 Å². The van der Waals surface area contributed by atoms with Crippen LogP contribution in [0.3, 0.4) is 0 Å². The number of hydrogen-bond acceptors (Lipinski definition) is 3. The summed E-state index contributed by atoms with van der Waals surface area (Å²) in [6.45, 7) is 4.47. The van der Waals surface area contributed by atoms with Crippen LogP contribution in [0.4, 0.5) is 0 Å². The first-order valence-electron chi connectivity index (χ1n) is 5.14. The SMILES string of the molecule is C=C(C=O)c1ccc(SCCCOC)cc1. The molecule has 0 aliphatic rings. The molecule has 3 heteroatoms. The van der Waals surface area contributed by atoms with Crippen LogP contribution < -0.4 is 0 Å². The molecule has 0 aliphatic heterocycles. The fourth-order valence-electron chi connectivity index (χ4n) is 1.23. The quantitative estimate of drug-likeness (QED) is 0.315. The lowest BCUT2D eigenvalue weighted by Gasteiger charge is -2.03. The minimum absolute atomic E-state index is 0.524. The normalized spacial score (nSPS) is 10.1. The van der Waals surface area contributed by atoms with E-state index in [1.807, 2.05) is 24.3 Å². The number of thioether (sulfide) groups is 1. The Morgan fingerprint density at radius 3 is 2.69 bits per heavy atom. The number of methoxy groups -OCH3 is 1. The van der Waals surface area contributed by atoms with Crippen molar-refractivity contribution in [3.05, 3.63) is 36.4 Å². The summed E-state index contributed by atoms with van der Waals surface area (Å²) < 4.78 is 4.98. The molecule has 0 spiro atoms. The fourth-order valence-corrected chi connectivity index (χ4v) is 2.05. The van der Waals surface area contributed by atoms with Gasteiger partial charge >= 0.3 is 0 Å². The summed E-state index contributed by atoms with van der Waals surface area (Å²) in [5, 5.41) is 0. The molecule has 0 radical (unpaired) electrons. The van der Waals surface area contributed by atoms with Gasteiger partial charge in [0.05, 0.1) is 0 Å². The van der Waals surface area contributed by atoms with Gasteiger partial charge in [0, 0.05) is 29.9 Å². The van der Waals surface area contributed by atoms with Crippen molar-refractivity contribution in [1.29, 1.82) is 0 Å². The maximum absolute atomic E-state index is 10.5. The average molecular weight is 236 g/mol. The Morgan fingerprint density at radius 2 is 2.12 bits per heavy atom. The Kier molecular flexibility index (Phi) is 5.90. The van der Waals surface area contributed by atoms with Crippen LogP contribution in [0.1, 0.15) is 12.0 Å². The lowest BCUT2D eigenvalue weighted by atomic mass is 10.1. The maximum atomic E-state index is 10.5. The first-order valence-corrected chi connectivity index (χ1v) is 6.12. The molecule has 0 saturated heterocycles. The zero-order chi connectivity index (χ0) is 11.8. The highest BCUT2D eigenvalue weighted by molar-refractivity contribution is 7.99. The molecule has 2 nitrogen and oxygen atoms in total. The summed E-state index contributed by atoms with van der Waals surface area (Å²) in [5.41, 5.74) is 1.41. The standard InChI is InChI=1S/C13H16O2S/c1-11(10-14)12-4-6-13(7-5-12)16-9-3-8-15-2/h4-7,10H,1,3,8-9H2,2H3. The number of rotatable bonds is 7. The van der Waals surface area contributed by atoms with Crippen LogP contribution in [0, 0.1) is 0 Å². The predicted molar refractivity (Wildman–Crippen MR) is 68.8 cm³/mol. The third-order valence-electron chi connectivity index (χ3n) is 2.13. The summed E-state index contributed by atoms with van der Waals surface area (Å²) in [6, 6.07) is 7.88. The van der Waals surface area contributed by atoms with Gasteiger partial charge in [-0.05, 0) is 24.1 Å². The van der Waals surface area contributed by atoms with E-state index in [0.29, 0.717) is 5.57 Å². The molecule has 1 rings (SSSR count). The van der Waals surface area contributed by atoms with E-state index < -0.39 is 0 Å². The molecule has 0 saturated carbocycles. The zero-order valence-electron chi connectivity index (χ0n) is 9.44. The molecule has 86 valence electrons. The van der Waals surface area contributed by atoms with Gasteiger partial charge in [0.15, 0.2) is 0 Å². The molecular formula is C13H16O2S. The van der Waals surface area contributed by atoms with Gasteiger partial charge in [-0.25, -0.2) is 0 Å². The van der Waals surface area contributed by atoms with Gasteiger partial charge < -0.3 is 4.74 Å². The van der Waals surface area contributed by atoms with Crippen LogP contribution in [0.5, 0.6) is 0 Å². The second kappa shape index (κ2) is 7.25. The van der Waals surface area contributed by atoms with Crippen LogP contribution in [-0.4, -0.2) is 25.8 Å². The number of carbonyl (C=O) groups is 1. The van der Waals surface area contributed by atoms with Crippen LogP contribution in [0.2, 0.25) is 0 Å². The van der Waals surface area contributed by atoms with Crippen molar-refractivity contribution in [2.75, 3.05) is 19.5 Å².